The van der Waals surface area contributed by atoms with Crippen LogP contribution in [0.4, 0.5) is 0 Å². The molecule has 0 aromatic heterocycles. The maximum Gasteiger partial charge on any atom is 0.227 e. The lowest BCUT2D eigenvalue weighted by atomic mass is 9.45. The summed E-state index contributed by atoms with van der Waals surface area (Å²) in [4.78, 5) is 25.0. The van der Waals surface area contributed by atoms with Crippen molar-refractivity contribution in [2.75, 3.05) is 13.7 Å². The van der Waals surface area contributed by atoms with Crippen molar-refractivity contribution in [1.82, 2.24) is 0 Å². The molecule has 1 saturated heterocycles. The largest absolute Gasteiger partial charge is 0.504 e. The predicted octanol–water partition coefficient (Wildman–Crippen LogP) is 3.88. The van der Waals surface area contributed by atoms with E-state index in [4.69, 9.17) is 9.47 Å². The molecule has 4 aliphatic rings. The maximum absolute atomic E-state index is 12.8. The average Bonchev–Trinajstić information content (AvgIpc) is 3.37. The zero-order valence-corrected chi connectivity index (χ0v) is 16.8. The standard InChI is InChI=1S/C22H30O5/c1-13-5-7-20(2)11-22(12-27-22)8-6-17(20)21(13,3)10-14-18(24)15(23)9-16(26-4)19(14)25/h9,13,17,24H,5-8,10-12H2,1-4H3/t13-,17+,20-,21+,22+/m0/s1. The van der Waals surface area contributed by atoms with Crippen LogP contribution in [0.5, 0.6) is 0 Å². The van der Waals surface area contributed by atoms with E-state index in [1.165, 1.54) is 13.5 Å². The highest BCUT2D eigenvalue weighted by molar-refractivity contribution is 6.20. The number of epoxide rings is 1. The van der Waals surface area contributed by atoms with Crippen molar-refractivity contribution in [3.63, 3.8) is 0 Å². The monoisotopic (exact) mass is 374 g/mol. The van der Waals surface area contributed by atoms with E-state index >= 15 is 0 Å². The summed E-state index contributed by atoms with van der Waals surface area (Å²) in [7, 11) is 1.38. The smallest absolute Gasteiger partial charge is 0.227 e. The predicted molar refractivity (Wildman–Crippen MR) is 100 cm³/mol. The van der Waals surface area contributed by atoms with Crippen LogP contribution in [0.25, 0.3) is 0 Å². The van der Waals surface area contributed by atoms with Gasteiger partial charge in [0.1, 0.15) is 0 Å². The van der Waals surface area contributed by atoms with Crippen LogP contribution in [0.1, 0.15) is 59.3 Å². The Morgan fingerprint density at radius 1 is 1.26 bits per heavy atom. The Bertz CT molecular complexity index is 759. The molecule has 3 fully saturated rings. The van der Waals surface area contributed by atoms with Crippen LogP contribution >= 0.6 is 0 Å². The molecule has 1 spiro atoms. The van der Waals surface area contributed by atoms with E-state index < -0.39 is 11.5 Å². The Kier molecular flexibility index (Phi) is 4.12. The highest BCUT2D eigenvalue weighted by atomic mass is 16.6. The van der Waals surface area contributed by atoms with Crippen LogP contribution in [-0.4, -0.2) is 36.0 Å². The van der Waals surface area contributed by atoms with Gasteiger partial charge in [0.2, 0.25) is 11.6 Å². The molecule has 148 valence electrons. The Morgan fingerprint density at radius 2 is 1.96 bits per heavy atom. The normalized spacial score (nSPS) is 44.2. The molecule has 27 heavy (non-hydrogen) atoms. The third-order valence-corrected chi connectivity index (χ3v) is 8.14. The third-order valence-electron chi connectivity index (χ3n) is 8.14. The van der Waals surface area contributed by atoms with Crippen molar-refractivity contribution in [1.29, 1.82) is 0 Å². The van der Waals surface area contributed by atoms with Crippen LogP contribution in [0.2, 0.25) is 0 Å². The topological polar surface area (TPSA) is 76.1 Å². The first-order valence-corrected chi connectivity index (χ1v) is 10.0. The molecule has 1 aliphatic heterocycles. The van der Waals surface area contributed by atoms with Gasteiger partial charge >= 0.3 is 0 Å². The van der Waals surface area contributed by atoms with Crippen LogP contribution in [0.15, 0.2) is 23.2 Å². The minimum Gasteiger partial charge on any atom is -0.504 e. The molecule has 0 unspecified atom stereocenters. The van der Waals surface area contributed by atoms with Crippen LogP contribution in [0, 0.1) is 22.7 Å². The van der Waals surface area contributed by atoms with Gasteiger partial charge in [-0.3, -0.25) is 9.59 Å². The summed E-state index contributed by atoms with van der Waals surface area (Å²) >= 11 is 0. The van der Waals surface area contributed by atoms with E-state index in [0.29, 0.717) is 18.3 Å². The van der Waals surface area contributed by atoms with Crippen molar-refractivity contribution in [3.8, 4) is 0 Å². The van der Waals surface area contributed by atoms with E-state index in [-0.39, 0.29) is 33.5 Å². The van der Waals surface area contributed by atoms with Gasteiger partial charge in [0.05, 0.1) is 19.3 Å². The Morgan fingerprint density at radius 3 is 2.59 bits per heavy atom. The van der Waals surface area contributed by atoms with Crippen LogP contribution < -0.4 is 0 Å². The van der Waals surface area contributed by atoms with Gasteiger partial charge in [0.15, 0.2) is 11.5 Å². The molecular formula is C22H30O5. The highest BCUT2D eigenvalue weighted by Crippen LogP contribution is 2.65. The average molecular weight is 374 g/mol. The van der Waals surface area contributed by atoms with Gasteiger partial charge in [-0.25, -0.2) is 0 Å². The zero-order chi connectivity index (χ0) is 19.6. The van der Waals surface area contributed by atoms with Gasteiger partial charge in [0, 0.05) is 11.6 Å². The lowest BCUT2D eigenvalue weighted by Crippen LogP contribution is -2.52. The molecular weight excluding hydrogens is 344 g/mol. The number of ketones is 2. The van der Waals surface area contributed by atoms with Crippen molar-refractivity contribution >= 4 is 11.6 Å². The van der Waals surface area contributed by atoms with E-state index in [0.717, 1.165) is 38.4 Å². The number of carbonyl (C=O) groups excluding carboxylic acids is 2. The molecule has 3 aliphatic carbocycles. The van der Waals surface area contributed by atoms with Gasteiger partial charge in [0.25, 0.3) is 0 Å². The molecule has 1 N–H and O–H groups in total. The number of fused-ring (bicyclic) bond motifs is 1. The molecule has 5 nitrogen and oxygen atoms in total. The minimum atomic E-state index is -0.537. The molecule has 4 rings (SSSR count). The van der Waals surface area contributed by atoms with Gasteiger partial charge in [-0.05, 0) is 61.2 Å². The first-order valence-electron chi connectivity index (χ1n) is 10.0. The number of aliphatic hydroxyl groups is 1. The molecule has 0 aromatic carbocycles. The summed E-state index contributed by atoms with van der Waals surface area (Å²) in [5.74, 6) is -0.428. The summed E-state index contributed by atoms with van der Waals surface area (Å²) in [6.45, 7) is 7.74. The fraction of sp³-hybridized carbons (Fsp3) is 0.727. The number of hydrogen-bond donors (Lipinski definition) is 1. The number of carbonyl (C=O) groups is 2. The number of Topliss-reactive ketones (excluding diaryl/α,β-unsaturated/α-hetero) is 1. The first-order chi connectivity index (χ1) is 12.6. The number of ether oxygens (including phenoxy) is 2. The van der Waals surface area contributed by atoms with Gasteiger partial charge < -0.3 is 14.6 Å². The van der Waals surface area contributed by atoms with E-state index in [2.05, 4.69) is 20.8 Å². The van der Waals surface area contributed by atoms with Crippen molar-refractivity contribution in [3.05, 3.63) is 23.2 Å². The summed E-state index contributed by atoms with van der Waals surface area (Å²) in [5.41, 5.74) is 0.338. The number of methoxy groups -OCH3 is 1. The van der Waals surface area contributed by atoms with E-state index in [9.17, 15) is 14.7 Å². The number of hydrogen-bond acceptors (Lipinski definition) is 5. The van der Waals surface area contributed by atoms with E-state index in [1.54, 1.807) is 0 Å². The molecule has 0 radical (unpaired) electrons. The van der Waals surface area contributed by atoms with Crippen molar-refractivity contribution in [2.45, 2.75) is 64.9 Å². The fourth-order valence-corrected chi connectivity index (χ4v) is 6.31. The van der Waals surface area contributed by atoms with Crippen LogP contribution in [0.3, 0.4) is 0 Å². The quantitative estimate of drug-likeness (QED) is 0.599. The lowest BCUT2D eigenvalue weighted by molar-refractivity contribution is -0.122. The molecule has 0 aromatic rings. The number of aliphatic hydroxyl groups excluding tert-OH is 1. The highest BCUT2D eigenvalue weighted by Gasteiger charge is 2.61. The molecule has 5 atom stereocenters. The molecule has 5 heteroatoms. The third kappa shape index (κ3) is 2.77. The van der Waals surface area contributed by atoms with Crippen molar-refractivity contribution in [2.24, 2.45) is 22.7 Å². The molecule has 0 bridgehead atoms. The second-order valence-corrected chi connectivity index (χ2v) is 9.75. The SMILES string of the molecule is COC1=CC(=O)C(O)=C(C[C@@]2(C)[C@@H]3CC[C@]4(CO4)C[C@]3(C)CC[C@@H]2C)C1=O. The van der Waals surface area contributed by atoms with Gasteiger partial charge in [-0.1, -0.05) is 20.8 Å². The Labute approximate surface area is 160 Å². The molecule has 2 saturated carbocycles. The number of allylic oxidation sites excluding steroid dienone is 2. The molecule has 1 heterocycles. The first kappa shape index (κ1) is 18.7. The minimum absolute atomic E-state index is 0.0246. The Hall–Kier alpha value is -1.62. The van der Waals surface area contributed by atoms with E-state index in [1.807, 2.05) is 0 Å². The second kappa shape index (κ2) is 5.94. The summed E-state index contributed by atoms with van der Waals surface area (Å²) in [6.07, 6.45) is 6.97. The lowest BCUT2D eigenvalue weighted by Gasteiger charge is -2.59. The second-order valence-electron chi connectivity index (χ2n) is 9.75. The Balaban J connectivity index is 1.68. The zero-order valence-electron chi connectivity index (χ0n) is 16.8. The van der Waals surface area contributed by atoms with Gasteiger partial charge in [-0.15, -0.1) is 0 Å². The summed E-state index contributed by atoms with van der Waals surface area (Å²) in [5, 5.41) is 10.4. The van der Waals surface area contributed by atoms with Crippen molar-refractivity contribution < 1.29 is 24.2 Å². The molecule has 0 amide bonds. The number of rotatable bonds is 3. The van der Waals surface area contributed by atoms with Gasteiger partial charge in [-0.2, -0.15) is 0 Å². The summed E-state index contributed by atoms with van der Waals surface area (Å²) in [6, 6.07) is 0. The fourth-order valence-electron chi connectivity index (χ4n) is 6.31. The summed E-state index contributed by atoms with van der Waals surface area (Å²) < 4.78 is 10.9. The van der Waals surface area contributed by atoms with Crippen LogP contribution in [-0.2, 0) is 19.1 Å². The maximum atomic E-state index is 12.8.